The molecule has 0 N–H and O–H groups in total. The zero-order valence-electron chi connectivity index (χ0n) is 7.44. The molecule has 1 aliphatic rings. The van der Waals surface area contributed by atoms with Crippen LogP contribution in [-0.4, -0.2) is 0 Å². The van der Waals surface area contributed by atoms with Gasteiger partial charge in [0.2, 0.25) is 0 Å². The van der Waals surface area contributed by atoms with Crippen LogP contribution in [0.1, 0.15) is 5.56 Å². The number of hydrogen-bond donors (Lipinski definition) is 0. The van der Waals surface area contributed by atoms with Gasteiger partial charge in [-0.1, -0.05) is 51.9 Å². The van der Waals surface area contributed by atoms with Crippen molar-refractivity contribution in [1.82, 2.24) is 0 Å². The van der Waals surface area contributed by atoms with E-state index in [0.717, 1.165) is 0 Å². The van der Waals surface area contributed by atoms with E-state index in [1.807, 2.05) is 10.8 Å². The van der Waals surface area contributed by atoms with Crippen LogP contribution in [0.15, 0.2) is 46.7 Å². The molecule has 0 saturated heterocycles. The molecular formula is C12H8S2. The van der Waals surface area contributed by atoms with Gasteiger partial charge in [0.1, 0.15) is 0 Å². The Hall–Kier alpha value is -0.860. The van der Waals surface area contributed by atoms with Crippen LogP contribution < -0.4 is 0 Å². The predicted molar refractivity (Wildman–Crippen MR) is 66.4 cm³/mol. The predicted octanol–water partition coefficient (Wildman–Crippen LogP) is 4.56. The SMILES string of the molecule is C1=Cc2c(ccc3ccccc23)SS1. The van der Waals surface area contributed by atoms with Crippen molar-refractivity contribution >= 4 is 38.4 Å². The molecule has 0 unspecified atom stereocenters. The minimum Gasteiger partial charge on any atom is -0.0616 e. The van der Waals surface area contributed by atoms with Crippen LogP contribution in [-0.2, 0) is 0 Å². The van der Waals surface area contributed by atoms with Crippen LogP contribution in [0.25, 0.3) is 16.8 Å². The van der Waals surface area contributed by atoms with Crippen LogP contribution in [0.2, 0.25) is 0 Å². The van der Waals surface area contributed by atoms with Crippen LogP contribution in [0.4, 0.5) is 0 Å². The molecule has 3 rings (SSSR count). The van der Waals surface area contributed by atoms with E-state index in [1.165, 1.54) is 21.2 Å². The number of hydrogen-bond acceptors (Lipinski definition) is 2. The van der Waals surface area contributed by atoms with E-state index in [0.29, 0.717) is 0 Å². The summed E-state index contributed by atoms with van der Waals surface area (Å²) in [5.74, 6) is 0. The van der Waals surface area contributed by atoms with E-state index in [4.69, 9.17) is 0 Å². The lowest BCUT2D eigenvalue weighted by Gasteiger charge is -2.11. The van der Waals surface area contributed by atoms with Gasteiger partial charge in [-0.15, -0.1) is 0 Å². The summed E-state index contributed by atoms with van der Waals surface area (Å²) in [6, 6.07) is 12.9. The van der Waals surface area contributed by atoms with Gasteiger partial charge in [0.05, 0.1) is 0 Å². The molecule has 0 aromatic heterocycles. The molecule has 0 nitrogen and oxygen atoms in total. The fourth-order valence-corrected chi connectivity index (χ4v) is 3.52. The highest BCUT2D eigenvalue weighted by Crippen LogP contribution is 2.42. The number of rotatable bonds is 0. The number of fused-ring (bicyclic) bond motifs is 3. The van der Waals surface area contributed by atoms with Crippen molar-refractivity contribution in [2.75, 3.05) is 0 Å². The molecule has 0 radical (unpaired) electrons. The van der Waals surface area contributed by atoms with Crippen LogP contribution in [0.5, 0.6) is 0 Å². The maximum Gasteiger partial charge on any atom is 0.0265 e. The zero-order chi connectivity index (χ0) is 9.38. The largest absolute Gasteiger partial charge is 0.0616 e. The van der Waals surface area contributed by atoms with E-state index in [-0.39, 0.29) is 0 Å². The second-order valence-electron chi connectivity index (χ2n) is 3.18. The van der Waals surface area contributed by atoms with Gasteiger partial charge in [-0.2, -0.15) is 0 Å². The number of benzene rings is 2. The van der Waals surface area contributed by atoms with Crippen LogP contribution in [0.3, 0.4) is 0 Å². The van der Waals surface area contributed by atoms with Gasteiger partial charge in [0.25, 0.3) is 0 Å². The third-order valence-electron chi connectivity index (χ3n) is 2.36. The maximum absolute atomic E-state index is 2.21. The summed E-state index contributed by atoms with van der Waals surface area (Å²) in [7, 11) is 3.62. The molecule has 0 saturated carbocycles. The molecule has 0 spiro atoms. The van der Waals surface area contributed by atoms with Gasteiger partial charge >= 0.3 is 0 Å². The van der Waals surface area contributed by atoms with E-state index in [1.54, 1.807) is 10.8 Å². The lowest BCUT2D eigenvalue weighted by Crippen LogP contribution is -1.83. The Morgan fingerprint density at radius 3 is 2.86 bits per heavy atom. The summed E-state index contributed by atoms with van der Waals surface area (Å²) in [6.45, 7) is 0. The normalized spacial score (nSPS) is 14.3. The molecule has 1 aliphatic heterocycles. The molecule has 2 heteroatoms. The Labute approximate surface area is 90.8 Å². The molecule has 0 fully saturated rings. The minimum atomic E-state index is 1.32. The Kier molecular flexibility index (Phi) is 2.03. The van der Waals surface area contributed by atoms with Crippen molar-refractivity contribution in [3.05, 3.63) is 47.4 Å². The lowest BCUT2D eigenvalue weighted by molar-refractivity contribution is 1.48. The quantitative estimate of drug-likeness (QED) is 0.592. The topological polar surface area (TPSA) is 0 Å². The van der Waals surface area contributed by atoms with Gasteiger partial charge in [0.15, 0.2) is 0 Å². The maximum atomic E-state index is 2.21. The fourth-order valence-electron chi connectivity index (χ4n) is 1.70. The van der Waals surface area contributed by atoms with Gasteiger partial charge in [0, 0.05) is 4.90 Å². The molecule has 2 aromatic rings. The zero-order valence-corrected chi connectivity index (χ0v) is 9.07. The highest BCUT2D eigenvalue weighted by molar-refractivity contribution is 8.78. The van der Waals surface area contributed by atoms with Gasteiger partial charge < -0.3 is 0 Å². The molecule has 68 valence electrons. The molecule has 0 amide bonds. The second-order valence-corrected chi connectivity index (χ2v) is 5.33. The standard InChI is InChI=1S/C12H8S2/c1-2-4-10-9(3-1)5-6-12-11(10)7-8-13-14-12/h1-8H. The fraction of sp³-hybridized carbons (Fsp3) is 0. The van der Waals surface area contributed by atoms with Gasteiger partial charge in [-0.05, 0) is 33.9 Å². The van der Waals surface area contributed by atoms with E-state index in [9.17, 15) is 0 Å². The summed E-state index contributed by atoms with van der Waals surface area (Å²) >= 11 is 0. The summed E-state index contributed by atoms with van der Waals surface area (Å²) in [4.78, 5) is 1.37. The van der Waals surface area contributed by atoms with Crippen molar-refractivity contribution in [3.63, 3.8) is 0 Å². The van der Waals surface area contributed by atoms with E-state index >= 15 is 0 Å². The Morgan fingerprint density at radius 2 is 1.86 bits per heavy atom. The molecule has 0 atom stereocenters. The molecule has 2 aromatic carbocycles. The van der Waals surface area contributed by atoms with E-state index < -0.39 is 0 Å². The Balaban J connectivity index is 2.42. The monoisotopic (exact) mass is 216 g/mol. The molecule has 1 heterocycles. The van der Waals surface area contributed by atoms with Gasteiger partial charge in [-0.3, -0.25) is 0 Å². The average Bonchev–Trinajstić information content (AvgIpc) is 2.29. The molecule has 0 aliphatic carbocycles. The minimum absolute atomic E-state index is 1.32. The molecule has 0 bridgehead atoms. The molecular weight excluding hydrogens is 208 g/mol. The lowest BCUT2D eigenvalue weighted by atomic mass is 10.0. The average molecular weight is 216 g/mol. The van der Waals surface area contributed by atoms with Crippen molar-refractivity contribution in [2.45, 2.75) is 4.90 Å². The summed E-state index contributed by atoms with van der Waals surface area (Å²) in [6.07, 6.45) is 2.21. The first-order valence-electron chi connectivity index (χ1n) is 4.47. The Morgan fingerprint density at radius 1 is 0.929 bits per heavy atom. The third kappa shape index (κ3) is 1.26. The highest BCUT2D eigenvalue weighted by atomic mass is 33.1. The highest BCUT2D eigenvalue weighted by Gasteiger charge is 2.08. The van der Waals surface area contributed by atoms with Crippen LogP contribution >= 0.6 is 21.6 Å². The first-order valence-corrected chi connectivity index (χ1v) is 6.68. The van der Waals surface area contributed by atoms with Crippen molar-refractivity contribution < 1.29 is 0 Å². The van der Waals surface area contributed by atoms with Crippen molar-refractivity contribution in [3.8, 4) is 0 Å². The summed E-state index contributed by atoms with van der Waals surface area (Å²) in [5, 5.41) is 4.83. The van der Waals surface area contributed by atoms with Crippen molar-refractivity contribution in [1.29, 1.82) is 0 Å². The van der Waals surface area contributed by atoms with Crippen molar-refractivity contribution in [2.24, 2.45) is 0 Å². The smallest absolute Gasteiger partial charge is 0.0265 e. The first-order chi connectivity index (χ1) is 6.95. The summed E-state index contributed by atoms with van der Waals surface area (Å²) < 4.78 is 0. The van der Waals surface area contributed by atoms with Gasteiger partial charge in [-0.25, -0.2) is 0 Å². The van der Waals surface area contributed by atoms with Crippen LogP contribution in [0, 0.1) is 0 Å². The third-order valence-corrected chi connectivity index (χ3v) is 4.40. The second kappa shape index (κ2) is 3.37. The molecule has 14 heavy (non-hydrogen) atoms. The Bertz CT molecular complexity index is 515. The summed E-state index contributed by atoms with van der Waals surface area (Å²) in [5.41, 5.74) is 1.37. The first kappa shape index (κ1) is 8.45. The van der Waals surface area contributed by atoms with E-state index in [2.05, 4.69) is 47.9 Å².